The highest BCUT2D eigenvalue weighted by atomic mass is 32.1. The van der Waals surface area contributed by atoms with Gasteiger partial charge < -0.3 is 10.2 Å². The number of carbonyl (C=O) groups is 2. The van der Waals surface area contributed by atoms with Crippen LogP contribution in [0.15, 0.2) is 41.5 Å². The summed E-state index contributed by atoms with van der Waals surface area (Å²) in [5, 5.41) is 27.5. The number of aryl methyl sites for hydroxylation is 1. The first-order chi connectivity index (χ1) is 14.5. The molecule has 8 nitrogen and oxygen atoms in total. The van der Waals surface area contributed by atoms with Gasteiger partial charge in [0.2, 0.25) is 0 Å². The van der Waals surface area contributed by atoms with Crippen molar-refractivity contribution >= 4 is 28.9 Å². The highest BCUT2D eigenvalue weighted by Crippen LogP contribution is 2.35. The van der Waals surface area contributed by atoms with Gasteiger partial charge >= 0.3 is 12.1 Å². The molecule has 0 saturated carbocycles. The van der Waals surface area contributed by atoms with Gasteiger partial charge in [0.25, 0.3) is 5.91 Å². The molecule has 0 unspecified atom stereocenters. The average Bonchev–Trinajstić information content (AvgIpc) is 3.30. The van der Waals surface area contributed by atoms with Crippen LogP contribution >= 0.6 is 11.3 Å². The Kier molecular flexibility index (Phi) is 5.84. The maximum absolute atomic E-state index is 12.8. The maximum atomic E-state index is 12.8. The minimum atomic E-state index is -4.48. The van der Waals surface area contributed by atoms with E-state index in [9.17, 15) is 27.9 Å². The Bertz CT molecular complexity index is 1180. The van der Waals surface area contributed by atoms with Gasteiger partial charge in [-0.15, -0.1) is 11.3 Å². The molecule has 1 amide bonds. The molecule has 0 aliphatic rings. The van der Waals surface area contributed by atoms with E-state index in [-0.39, 0.29) is 32.6 Å². The van der Waals surface area contributed by atoms with Crippen LogP contribution in [-0.4, -0.2) is 37.6 Å². The molecule has 2 heterocycles. The number of hydrazone groups is 1. The van der Waals surface area contributed by atoms with Gasteiger partial charge in [0.15, 0.2) is 11.4 Å². The van der Waals surface area contributed by atoms with Crippen molar-refractivity contribution in [1.29, 1.82) is 0 Å². The Morgan fingerprint density at radius 1 is 1.13 bits per heavy atom. The third-order valence-corrected chi connectivity index (χ3v) is 5.29. The van der Waals surface area contributed by atoms with Gasteiger partial charge in [-0.2, -0.15) is 23.4 Å². The number of nitrogens with one attached hydrogen (secondary N) is 1. The summed E-state index contributed by atoms with van der Waals surface area (Å²) in [7, 11) is 1.50. The Labute approximate surface area is 177 Å². The van der Waals surface area contributed by atoms with Gasteiger partial charge in [-0.3, -0.25) is 9.48 Å². The summed E-state index contributed by atoms with van der Waals surface area (Å²) in [4.78, 5) is 23.2. The number of hydrogen-bond donors (Lipinski definition) is 3. The minimum Gasteiger partial charge on any atom is -0.504 e. The second-order valence-corrected chi connectivity index (χ2v) is 7.44. The number of hydrogen-bond acceptors (Lipinski definition) is 6. The summed E-state index contributed by atoms with van der Waals surface area (Å²) in [5.41, 5.74) is 2.07. The number of amides is 1. The predicted molar refractivity (Wildman–Crippen MR) is 106 cm³/mol. The number of benzene rings is 1. The number of aromatic nitrogens is 2. The van der Waals surface area contributed by atoms with Gasteiger partial charge in [-0.05, 0) is 31.2 Å². The van der Waals surface area contributed by atoms with Crippen LogP contribution < -0.4 is 5.43 Å². The van der Waals surface area contributed by atoms with Gasteiger partial charge in [0.05, 0.1) is 16.2 Å². The summed E-state index contributed by atoms with van der Waals surface area (Å²) in [6.07, 6.45) is -4.48. The lowest BCUT2D eigenvalue weighted by Gasteiger charge is -2.08. The van der Waals surface area contributed by atoms with Crippen LogP contribution in [0.4, 0.5) is 13.2 Å². The second kappa shape index (κ2) is 8.22. The zero-order valence-corrected chi connectivity index (χ0v) is 16.9. The Morgan fingerprint density at radius 3 is 2.29 bits per heavy atom. The van der Waals surface area contributed by atoms with Crippen molar-refractivity contribution in [1.82, 2.24) is 15.2 Å². The van der Waals surface area contributed by atoms with Crippen molar-refractivity contribution in [3.63, 3.8) is 0 Å². The molecule has 0 atom stereocenters. The van der Waals surface area contributed by atoms with Crippen LogP contribution in [0.25, 0.3) is 11.3 Å². The lowest BCUT2D eigenvalue weighted by molar-refractivity contribution is -0.137. The molecule has 0 aliphatic heterocycles. The number of nitrogens with zero attached hydrogens (tertiary/aromatic N) is 3. The van der Waals surface area contributed by atoms with E-state index in [2.05, 4.69) is 15.6 Å². The fraction of sp³-hybridized carbons (Fsp3) is 0.158. The first-order valence-corrected chi connectivity index (χ1v) is 9.42. The quantitative estimate of drug-likeness (QED) is 0.403. The molecule has 1 aromatic carbocycles. The number of aromatic carboxylic acids is 1. The molecule has 0 radical (unpaired) electrons. The van der Waals surface area contributed by atoms with Crippen LogP contribution in [0, 0.1) is 0 Å². The maximum Gasteiger partial charge on any atom is 0.416 e. The smallest absolute Gasteiger partial charge is 0.416 e. The van der Waals surface area contributed by atoms with Crippen molar-refractivity contribution in [2.24, 2.45) is 12.1 Å². The average molecular weight is 452 g/mol. The molecule has 12 heteroatoms. The molecule has 2 aromatic heterocycles. The minimum absolute atomic E-state index is 0.00518. The molecule has 3 N–H and O–H groups in total. The molecule has 0 saturated heterocycles. The van der Waals surface area contributed by atoms with Crippen molar-refractivity contribution < 1.29 is 33.0 Å². The summed E-state index contributed by atoms with van der Waals surface area (Å²) in [5.74, 6) is -2.12. The molecule has 3 rings (SSSR count). The molecular formula is C19H15F3N4O4S. The van der Waals surface area contributed by atoms with E-state index in [4.69, 9.17) is 5.11 Å². The Balaban J connectivity index is 1.83. The predicted octanol–water partition coefficient (Wildman–Crippen LogP) is 3.73. The number of carboxylic acids is 1. The summed E-state index contributed by atoms with van der Waals surface area (Å²) < 4.78 is 39.6. The molecule has 162 valence electrons. The van der Waals surface area contributed by atoms with Crippen LogP contribution in [0.5, 0.6) is 5.75 Å². The van der Waals surface area contributed by atoms with Crippen molar-refractivity contribution in [3.05, 3.63) is 57.4 Å². The van der Waals surface area contributed by atoms with E-state index in [1.165, 1.54) is 42.9 Å². The molecular weight excluding hydrogens is 437 g/mol. The van der Waals surface area contributed by atoms with Gasteiger partial charge in [-0.25, -0.2) is 10.2 Å². The molecule has 0 bridgehead atoms. The van der Waals surface area contributed by atoms with Crippen molar-refractivity contribution in [2.75, 3.05) is 0 Å². The SMILES string of the molecule is C/C(=N/NC(=O)c1ccc(C(=O)O)s1)c1nn(C)c(-c2ccc(C(F)(F)F)cc2)c1O. The largest absolute Gasteiger partial charge is 0.504 e. The summed E-state index contributed by atoms with van der Waals surface area (Å²) in [6.45, 7) is 1.47. The number of halogens is 3. The summed E-state index contributed by atoms with van der Waals surface area (Å²) in [6, 6.07) is 6.86. The molecule has 3 aromatic rings. The standard InChI is InChI=1S/C19H15F3N4O4S/c1-9(23-24-17(28)12-7-8-13(31-12)18(29)30)14-16(27)15(26(2)25-14)10-3-5-11(6-4-10)19(20,21)22/h3-8,27H,1-2H3,(H,24,28)(H,29,30)/b23-9-. The molecule has 0 aliphatic carbocycles. The normalized spacial score (nSPS) is 12.1. The number of alkyl halides is 3. The van der Waals surface area contributed by atoms with Gasteiger partial charge in [0, 0.05) is 12.6 Å². The monoisotopic (exact) mass is 452 g/mol. The number of carbonyl (C=O) groups excluding carboxylic acids is 1. The Morgan fingerprint density at radius 2 is 1.74 bits per heavy atom. The van der Waals surface area contributed by atoms with E-state index in [0.29, 0.717) is 5.56 Å². The third kappa shape index (κ3) is 4.58. The van der Waals surface area contributed by atoms with Crippen LogP contribution in [0.3, 0.4) is 0 Å². The lowest BCUT2D eigenvalue weighted by atomic mass is 10.1. The van der Waals surface area contributed by atoms with Crippen LogP contribution in [-0.2, 0) is 13.2 Å². The van der Waals surface area contributed by atoms with Crippen molar-refractivity contribution in [2.45, 2.75) is 13.1 Å². The topological polar surface area (TPSA) is 117 Å². The third-order valence-electron chi connectivity index (χ3n) is 4.22. The second-order valence-electron chi connectivity index (χ2n) is 6.35. The molecule has 0 spiro atoms. The van der Waals surface area contributed by atoms with E-state index in [1.807, 2.05) is 0 Å². The first kappa shape index (κ1) is 22.0. The van der Waals surface area contributed by atoms with Crippen LogP contribution in [0.2, 0.25) is 0 Å². The van der Waals surface area contributed by atoms with Gasteiger partial charge in [0.1, 0.15) is 10.6 Å². The lowest BCUT2D eigenvalue weighted by Crippen LogP contribution is -2.18. The fourth-order valence-electron chi connectivity index (χ4n) is 2.71. The highest BCUT2D eigenvalue weighted by molar-refractivity contribution is 7.15. The number of carboxylic acid groups (broad SMARTS) is 1. The first-order valence-electron chi connectivity index (χ1n) is 8.60. The highest BCUT2D eigenvalue weighted by Gasteiger charge is 2.30. The molecule has 0 fully saturated rings. The van der Waals surface area contributed by atoms with Crippen LogP contribution in [0.1, 0.15) is 37.5 Å². The van der Waals surface area contributed by atoms with Crippen molar-refractivity contribution in [3.8, 4) is 17.0 Å². The van der Waals surface area contributed by atoms with Gasteiger partial charge in [-0.1, -0.05) is 12.1 Å². The van der Waals surface area contributed by atoms with E-state index >= 15 is 0 Å². The molecule has 31 heavy (non-hydrogen) atoms. The zero-order chi connectivity index (χ0) is 22.9. The summed E-state index contributed by atoms with van der Waals surface area (Å²) >= 11 is 0.776. The number of thiophene rings is 1. The number of rotatable bonds is 5. The zero-order valence-electron chi connectivity index (χ0n) is 16.1. The van der Waals surface area contributed by atoms with E-state index < -0.39 is 23.6 Å². The fourth-order valence-corrected chi connectivity index (χ4v) is 3.45. The number of aromatic hydroxyl groups is 1. The van der Waals surface area contributed by atoms with E-state index in [1.54, 1.807) is 0 Å². The Hall–Kier alpha value is -3.67. The van der Waals surface area contributed by atoms with E-state index in [0.717, 1.165) is 23.5 Å².